The standard InChI is InChI=1S/C14H17Br2NO3/c1-19-9-3-2-4-10(7-9)20-14(18)11-5-8(15)6-12(16)13(11)17/h5-6,9-10H,2-4,7,17H2,1H3. The van der Waals surface area contributed by atoms with Crippen LogP contribution in [-0.4, -0.2) is 25.3 Å². The lowest BCUT2D eigenvalue weighted by Crippen LogP contribution is -2.29. The number of carbonyl (C=O) groups is 1. The fraction of sp³-hybridized carbons (Fsp3) is 0.500. The average Bonchev–Trinajstić information content (AvgIpc) is 2.43. The monoisotopic (exact) mass is 405 g/mol. The molecule has 0 radical (unpaired) electrons. The van der Waals surface area contributed by atoms with Crippen molar-refractivity contribution in [1.82, 2.24) is 0 Å². The first-order valence-electron chi connectivity index (χ1n) is 6.49. The van der Waals surface area contributed by atoms with Gasteiger partial charge in [-0.1, -0.05) is 15.9 Å². The molecular formula is C14H17Br2NO3. The van der Waals surface area contributed by atoms with Gasteiger partial charge in [0, 0.05) is 22.5 Å². The topological polar surface area (TPSA) is 61.5 Å². The maximum atomic E-state index is 12.2. The van der Waals surface area contributed by atoms with Gasteiger partial charge in [-0.05, 0) is 47.3 Å². The molecule has 1 aromatic carbocycles. The van der Waals surface area contributed by atoms with Crippen LogP contribution >= 0.6 is 31.9 Å². The van der Waals surface area contributed by atoms with Gasteiger partial charge >= 0.3 is 5.97 Å². The van der Waals surface area contributed by atoms with Gasteiger partial charge in [-0.15, -0.1) is 0 Å². The Hall–Kier alpha value is -0.590. The van der Waals surface area contributed by atoms with Gasteiger partial charge in [0.05, 0.1) is 17.4 Å². The summed E-state index contributed by atoms with van der Waals surface area (Å²) in [6.45, 7) is 0. The van der Waals surface area contributed by atoms with Crippen molar-refractivity contribution in [1.29, 1.82) is 0 Å². The largest absolute Gasteiger partial charge is 0.459 e. The van der Waals surface area contributed by atoms with Crippen LogP contribution in [0.5, 0.6) is 0 Å². The number of halogens is 2. The third kappa shape index (κ3) is 3.74. The average molecular weight is 407 g/mol. The number of nitrogen functional groups attached to an aromatic ring is 1. The molecule has 6 heteroatoms. The van der Waals surface area contributed by atoms with Crippen LogP contribution in [0, 0.1) is 0 Å². The molecule has 0 bridgehead atoms. The first-order chi connectivity index (χ1) is 9.51. The minimum Gasteiger partial charge on any atom is -0.459 e. The van der Waals surface area contributed by atoms with E-state index in [1.54, 1.807) is 19.2 Å². The van der Waals surface area contributed by atoms with E-state index in [0.717, 1.165) is 30.2 Å². The van der Waals surface area contributed by atoms with Gasteiger partial charge in [-0.25, -0.2) is 4.79 Å². The molecule has 0 aromatic heterocycles. The van der Waals surface area contributed by atoms with Crippen molar-refractivity contribution < 1.29 is 14.3 Å². The van der Waals surface area contributed by atoms with E-state index >= 15 is 0 Å². The molecule has 2 unspecified atom stereocenters. The van der Waals surface area contributed by atoms with Gasteiger partial charge < -0.3 is 15.2 Å². The van der Waals surface area contributed by atoms with Crippen LogP contribution in [0.4, 0.5) is 5.69 Å². The number of hydrogen-bond acceptors (Lipinski definition) is 4. The number of anilines is 1. The van der Waals surface area contributed by atoms with Gasteiger partial charge in [0.25, 0.3) is 0 Å². The smallest absolute Gasteiger partial charge is 0.340 e. The third-order valence-electron chi connectivity index (χ3n) is 3.50. The summed E-state index contributed by atoms with van der Waals surface area (Å²) in [6.07, 6.45) is 3.73. The number of esters is 1. The summed E-state index contributed by atoms with van der Waals surface area (Å²) in [5.74, 6) is -0.383. The molecule has 1 aliphatic rings. The van der Waals surface area contributed by atoms with E-state index in [1.807, 2.05) is 0 Å². The Balaban J connectivity index is 2.08. The highest BCUT2D eigenvalue weighted by Gasteiger charge is 2.26. The van der Waals surface area contributed by atoms with Crippen molar-refractivity contribution in [2.24, 2.45) is 0 Å². The Morgan fingerprint density at radius 2 is 2.00 bits per heavy atom. The zero-order valence-electron chi connectivity index (χ0n) is 11.2. The summed E-state index contributed by atoms with van der Waals surface area (Å²) in [7, 11) is 1.69. The number of hydrogen-bond donors (Lipinski definition) is 1. The van der Waals surface area contributed by atoms with E-state index in [1.165, 1.54) is 0 Å². The summed E-state index contributed by atoms with van der Waals surface area (Å²) in [5, 5.41) is 0. The Bertz CT molecular complexity index is 507. The number of benzene rings is 1. The zero-order chi connectivity index (χ0) is 14.7. The van der Waals surface area contributed by atoms with Gasteiger partial charge in [-0.3, -0.25) is 0 Å². The van der Waals surface area contributed by atoms with Crippen LogP contribution < -0.4 is 5.73 Å². The highest BCUT2D eigenvalue weighted by Crippen LogP contribution is 2.30. The van der Waals surface area contributed by atoms with Crippen LogP contribution in [0.25, 0.3) is 0 Å². The van der Waals surface area contributed by atoms with E-state index in [2.05, 4.69) is 31.9 Å². The van der Waals surface area contributed by atoms with E-state index in [0.29, 0.717) is 15.7 Å². The highest BCUT2D eigenvalue weighted by atomic mass is 79.9. The van der Waals surface area contributed by atoms with E-state index < -0.39 is 0 Å². The normalized spacial score (nSPS) is 22.6. The minimum atomic E-state index is -0.383. The van der Waals surface area contributed by atoms with Crippen LogP contribution in [0.2, 0.25) is 0 Å². The maximum Gasteiger partial charge on any atom is 0.340 e. The second-order valence-electron chi connectivity index (χ2n) is 4.90. The van der Waals surface area contributed by atoms with Crippen molar-refractivity contribution >= 4 is 43.5 Å². The Kier molecular flexibility index (Phi) is 5.46. The maximum absolute atomic E-state index is 12.2. The molecule has 0 spiro atoms. The van der Waals surface area contributed by atoms with Crippen molar-refractivity contribution in [3.8, 4) is 0 Å². The predicted octanol–water partition coefficient (Wildman–Crippen LogP) is 3.91. The number of nitrogens with two attached hydrogens (primary N) is 1. The van der Waals surface area contributed by atoms with Crippen molar-refractivity contribution in [2.75, 3.05) is 12.8 Å². The molecule has 1 aromatic rings. The lowest BCUT2D eigenvalue weighted by molar-refractivity contribution is -0.0148. The van der Waals surface area contributed by atoms with Crippen molar-refractivity contribution in [2.45, 2.75) is 37.9 Å². The second-order valence-corrected chi connectivity index (χ2v) is 6.67. The molecule has 0 saturated heterocycles. The lowest BCUT2D eigenvalue weighted by Gasteiger charge is -2.28. The zero-order valence-corrected chi connectivity index (χ0v) is 14.4. The minimum absolute atomic E-state index is 0.0987. The molecule has 2 atom stereocenters. The van der Waals surface area contributed by atoms with Gasteiger partial charge in [0.2, 0.25) is 0 Å². The van der Waals surface area contributed by atoms with Gasteiger partial charge in [0.15, 0.2) is 0 Å². The Morgan fingerprint density at radius 3 is 2.70 bits per heavy atom. The molecule has 0 aliphatic heterocycles. The van der Waals surface area contributed by atoms with Crippen molar-refractivity contribution in [3.63, 3.8) is 0 Å². The molecule has 0 amide bonds. The van der Waals surface area contributed by atoms with Crippen molar-refractivity contribution in [3.05, 3.63) is 26.6 Å². The molecule has 1 fully saturated rings. The van der Waals surface area contributed by atoms with E-state index in [9.17, 15) is 4.79 Å². The molecule has 0 heterocycles. The second kappa shape index (κ2) is 6.91. The molecule has 110 valence electrons. The van der Waals surface area contributed by atoms with Crippen LogP contribution in [0.15, 0.2) is 21.1 Å². The fourth-order valence-electron chi connectivity index (χ4n) is 2.39. The molecule has 1 aliphatic carbocycles. The number of methoxy groups -OCH3 is 1. The molecule has 20 heavy (non-hydrogen) atoms. The van der Waals surface area contributed by atoms with E-state index in [4.69, 9.17) is 15.2 Å². The van der Waals surface area contributed by atoms with Crippen LogP contribution in [0.3, 0.4) is 0 Å². The highest BCUT2D eigenvalue weighted by molar-refractivity contribution is 9.11. The first-order valence-corrected chi connectivity index (χ1v) is 8.08. The van der Waals surface area contributed by atoms with Gasteiger partial charge in [-0.2, -0.15) is 0 Å². The summed E-state index contributed by atoms with van der Waals surface area (Å²) in [6, 6.07) is 3.48. The third-order valence-corrected chi connectivity index (χ3v) is 4.61. The number of rotatable bonds is 3. The molecule has 2 N–H and O–H groups in total. The molecular weight excluding hydrogens is 390 g/mol. The summed E-state index contributed by atoms with van der Waals surface area (Å²) < 4.78 is 12.4. The first kappa shape index (κ1) is 15.8. The number of carbonyl (C=O) groups excluding carboxylic acids is 1. The SMILES string of the molecule is COC1CCCC(OC(=O)c2cc(Br)cc(Br)c2N)C1. The number of ether oxygens (including phenoxy) is 2. The molecule has 2 rings (SSSR count). The van der Waals surface area contributed by atoms with Crippen LogP contribution in [0.1, 0.15) is 36.0 Å². The Morgan fingerprint density at radius 1 is 1.30 bits per heavy atom. The van der Waals surface area contributed by atoms with E-state index in [-0.39, 0.29) is 18.2 Å². The summed E-state index contributed by atoms with van der Waals surface area (Å²) >= 11 is 6.68. The fourth-order valence-corrected chi connectivity index (χ4v) is 3.62. The molecule has 1 saturated carbocycles. The van der Waals surface area contributed by atoms with Crippen LogP contribution in [-0.2, 0) is 9.47 Å². The summed E-state index contributed by atoms with van der Waals surface area (Å²) in [4.78, 5) is 12.2. The summed E-state index contributed by atoms with van der Waals surface area (Å²) in [5.41, 5.74) is 6.70. The lowest BCUT2D eigenvalue weighted by atomic mass is 9.95. The molecule has 4 nitrogen and oxygen atoms in total. The Labute approximate surface area is 135 Å². The quantitative estimate of drug-likeness (QED) is 0.610. The predicted molar refractivity (Wildman–Crippen MR) is 84.7 cm³/mol. The van der Waals surface area contributed by atoms with Gasteiger partial charge in [0.1, 0.15) is 6.10 Å².